The van der Waals surface area contributed by atoms with E-state index in [1.54, 1.807) is 18.3 Å². The summed E-state index contributed by atoms with van der Waals surface area (Å²) in [6.07, 6.45) is -0.923. The molecule has 0 radical (unpaired) electrons. The molecule has 0 aliphatic carbocycles. The fraction of sp³-hybridized carbons (Fsp3) is 0.217. The summed E-state index contributed by atoms with van der Waals surface area (Å²) in [6.45, 7) is 4.25. The summed E-state index contributed by atoms with van der Waals surface area (Å²) < 4.78 is 7.30. The third-order valence-electron chi connectivity index (χ3n) is 4.82. The van der Waals surface area contributed by atoms with Crippen LogP contribution in [0.15, 0.2) is 65.1 Å². The van der Waals surface area contributed by atoms with E-state index in [0.29, 0.717) is 17.4 Å². The highest BCUT2D eigenvalue weighted by atomic mass is 32.2. The third-order valence-corrected chi connectivity index (χ3v) is 6.62. The third kappa shape index (κ3) is 4.84. The SMILES string of the molecule is CCn1c(SCC(=O)OC(C)C(=O)Nc2cccc3ccccc23)nnc1-c1cccs1. The topological polar surface area (TPSA) is 86.1 Å². The minimum atomic E-state index is -0.923. The van der Waals surface area contributed by atoms with Gasteiger partial charge >= 0.3 is 5.97 Å². The summed E-state index contributed by atoms with van der Waals surface area (Å²) in [5.41, 5.74) is 0.683. The summed E-state index contributed by atoms with van der Waals surface area (Å²) in [7, 11) is 0. The number of fused-ring (bicyclic) bond motifs is 1. The van der Waals surface area contributed by atoms with Gasteiger partial charge in [-0.3, -0.25) is 9.59 Å². The van der Waals surface area contributed by atoms with Crippen LogP contribution in [-0.2, 0) is 20.9 Å². The zero-order valence-corrected chi connectivity index (χ0v) is 19.3. The van der Waals surface area contributed by atoms with Gasteiger partial charge in [0.15, 0.2) is 17.1 Å². The number of nitrogens with one attached hydrogen (secondary N) is 1. The Hall–Kier alpha value is -3.17. The molecule has 7 nitrogen and oxygen atoms in total. The number of thioether (sulfide) groups is 1. The first-order valence-electron chi connectivity index (χ1n) is 10.1. The number of benzene rings is 2. The van der Waals surface area contributed by atoms with Gasteiger partial charge < -0.3 is 14.6 Å². The van der Waals surface area contributed by atoms with Crippen LogP contribution in [0.1, 0.15) is 13.8 Å². The Morgan fingerprint density at radius 3 is 2.72 bits per heavy atom. The largest absolute Gasteiger partial charge is 0.452 e. The van der Waals surface area contributed by atoms with E-state index in [0.717, 1.165) is 21.5 Å². The Balaban J connectivity index is 1.34. The van der Waals surface area contributed by atoms with Gasteiger partial charge in [-0.25, -0.2) is 0 Å². The second-order valence-electron chi connectivity index (χ2n) is 6.96. The van der Waals surface area contributed by atoms with E-state index in [1.807, 2.05) is 71.5 Å². The minimum absolute atomic E-state index is 0.0362. The van der Waals surface area contributed by atoms with Crippen molar-refractivity contribution in [2.24, 2.45) is 0 Å². The first kappa shape index (κ1) is 22.0. The van der Waals surface area contributed by atoms with Crippen LogP contribution in [0.3, 0.4) is 0 Å². The van der Waals surface area contributed by atoms with Crippen molar-refractivity contribution in [3.05, 3.63) is 60.0 Å². The molecule has 9 heteroatoms. The molecular weight excluding hydrogens is 444 g/mol. The number of carbonyl (C=O) groups is 2. The van der Waals surface area contributed by atoms with Gasteiger partial charge in [-0.2, -0.15) is 0 Å². The maximum absolute atomic E-state index is 12.6. The normalized spacial score (nSPS) is 11.9. The number of amides is 1. The van der Waals surface area contributed by atoms with Gasteiger partial charge in [-0.1, -0.05) is 54.2 Å². The van der Waals surface area contributed by atoms with Gasteiger partial charge in [0, 0.05) is 17.6 Å². The van der Waals surface area contributed by atoms with E-state index in [2.05, 4.69) is 15.5 Å². The van der Waals surface area contributed by atoms with Gasteiger partial charge in [0.05, 0.1) is 10.6 Å². The molecule has 1 amide bonds. The Morgan fingerprint density at radius 1 is 1.12 bits per heavy atom. The number of aromatic nitrogens is 3. The molecule has 1 N–H and O–H groups in total. The predicted octanol–water partition coefficient (Wildman–Crippen LogP) is 4.84. The summed E-state index contributed by atoms with van der Waals surface area (Å²) >= 11 is 2.83. The number of rotatable bonds is 8. The molecule has 32 heavy (non-hydrogen) atoms. The Bertz CT molecular complexity index is 1230. The lowest BCUT2D eigenvalue weighted by molar-refractivity contribution is -0.150. The number of anilines is 1. The molecule has 0 bridgehead atoms. The predicted molar refractivity (Wildman–Crippen MR) is 128 cm³/mol. The number of hydrogen-bond donors (Lipinski definition) is 1. The highest BCUT2D eigenvalue weighted by molar-refractivity contribution is 7.99. The van der Waals surface area contributed by atoms with Crippen LogP contribution < -0.4 is 5.32 Å². The molecule has 1 atom stereocenters. The number of nitrogens with zero attached hydrogens (tertiary/aromatic N) is 3. The summed E-state index contributed by atoms with van der Waals surface area (Å²) in [6, 6.07) is 17.4. The number of carbonyl (C=O) groups excluding carboxylic acids is 2. The monoisotopic (exact) mass is 466 g/mol. The highest BCUT2D eigenvalue weighted by Gasteiger charge is 2.20. The summed E-state index contributed by atoms with van der Waals surface area (Å²) in [4.78, 5) is 26.0. The van der Waals surface area contributed by atoms with Crippen molar-refractivity contribution in [2.75, 3.05) is 11.1 Å². The van der Waals surface area contributed by atoms with Gasteiger partial charge in [-0.15, -0.1) is 21.5 Å². The Kier molecular flexibility index (Phi) is 6.87. The molecule has 4 rings (SSSR count). The summed E-state index contributed by atoms with van der Waals surface area (Å²) in [5.74, 6) is -0.0504. The maximum atomic E-state index is 12.6. The molecule has 1 unspecified atom stereocenters. The van der Waals surface area contributed by atoms with Crippen molar-refractivity contribution in [2.45, 2.75) is 31.7 Å². The maximum Gasteiger partial charge on any atom is 0.317 e. The van der Waals surface area contributed by atoms with E-state index >= 15 is 0 Å². The van der Waals surface area contributed by atoms with Crippen LogP contribution in [0.4, 0.5) is 5.69 Å². The van der Waals surface area contributed by atoms with E-state index in [9.17, 15) is 9.59 Å². The first-order valence-corrected chi connectivity index (χ1v) is 12.0. The van der Waals surface area contributed by atoms with Gasteiger partial charge in [-0.05, 0) is 36.7 Å². The van der Waals surface area contributed by atoms with Crippen molar-refractivity contribution in [3.8, 4) is 10.7 Å². The fourth-order valence-electron chi connectivity index (χ4n) is 3.25. The number of esters is 1. The van der Waals surface area contributed by atoms with Crippen LogP contribution in [-0.4, -0.2) is 38.5 Å². The van der Waals surface area contributed by atoms with Crippen LogP contribution in [0.2, 0.25) is 0 Å². The van der Waals surface area contributed by atoms with Gasteiger partial charge in [0.25, 0.3) is 5.91 Å². The molecule has 2 aromatic carbocycles. The fourth-order valence-corrected chi connectivity index (χ4v) is 4.75. The summed E-state index contributed by atoms with van der Waals surface area (Å²) in [5, 5.41) is 15.9. The van der Waals surface area contributed by atoms with Crippen LogP contribution in [0, 0.1) is 0 Å². The molecule has 0 aliphatic rings. The van der Waals surface area contributed by atoms with Crippen molar-refractivity contribution >= 4 is 51.4 Å². The quantitative estimate of drug-likeness (QED) is 0.295. The second kappa shape index (κ2) is 9.97. The van der Waals surface area contributed by atoms with Crippen molar-refractivity contribution in [3.63, 3.8) is 0 Å². The lowest BCUT2D eigenvalue weighted by Gasteiger charge is -2.14. The minimum Gasteiger partial charge on any atom is -0.452 e. The molecular formula is C23H22N4O3S2. The van der Waals surface area contributed by atoms with E-state index in [4.69, 9.17) is 4.74 Å². The van der Waals surface area contributed by atoms with Gasteiger partial charge in [0.2, 0.25) is 0 Å². The number of ether oxygens (including phenoxy) is 1. The highest BCUT2D eigenvalue weighted by Crippen LogP contribution is 2.27. The number of thiophene rings is 1. The average Bonchev–Trinajstić information content (AvgIpc) is 3.47. The molecule has 2 aromatic heterocycles. The van der Waals surface area contributed by atoms with Crippen molar-refractivity contribution in [1.29, 1.82) is 0 Å². The lowest BCUT2D eigenvalue weighted by Crippen LogP contribution is -2.30. The molecule has 0 fully saturated rings. The Labute approximate surface area is 193 Å². The van der Waals surface area contributed by atoms with E-state index < -0.39 is 12.1 Å². The van der Waals surface area contributed by atoms with Crippen LogP contribution in [0.25, 0.3) is 21.5 Å². The first-order chi connectivity index (χ1) is 15.6. The zero-order valence-electron chi connectivity index (χ0n) is 17.6. The number of hydrogen-bond acceptors (Lipinski definition) is 7. The molecule has 164 valence electrons. The molecule has 0 aliphatic heterocycles. The van der Waals surface area contributed by atoms with Crippen LogP contribution >= 0.6 is 23.1 Å². The smallest absolute Gasteiger partial charge is 0.317 e. The van der Waals surface area contributed by atoms with Gasteiger partial charge in [0.1, 0.15) is 0 Å². The molecule has 2 heterocycles. The average molecular weight is 467 g/mol. The van der Waals surface area contributed by atoms with Crippen molar-refractivity contribution < 1.29 is 14.3 Å². The van der Waals surface area contributed by atoms with Crippen LogP contribution in [0.5, 0.6) is 0 Å². The van der Waals surface area contributed by atoms with E-state index in [-0.39, 0.29) is 11.7 Å². The zero-order chi connectivity index (χ0) is 22.5. The van der Waals surface area contributed by atoms with E-state index in [1.165, 1.54) is 11.8 Å². The second-order valence-corrected chi connectivity index (χ2v) is 8.85. The molecule has 0 spiro atoms. The molecule has 4 aromatic rings. The Morgan fingerprint density at radius 2 is 1.94 bits per heavy atom. The standard InChI is InChI=1S/C23H22N4O3S2/c1-3-27-21(19-12-7-13-31-19)25-26-23(27)32-14-20(28)30-15(2)22(29)24-18-11-6-9-16-8-4-5-10-17(16)18/h4-13,15H,3,14H2,1-2H3,(H,24,29). The molecule has 0 saturated carbocycles. The molecule has 0 saturated heterocycles. The lowest BCUT2D eigenvalue weighted by atomic mass is 10.1. The van der Waals surface area contributed by atoms with Crippen molar-refractivity contribution in [1.82, 2.24) is 14.8 Å².